The van der Waals surface area contributed by atoms with Crippen molar-refractivity contribution in [3.8, 4) is 22.3 Å². The standard InChI is InChI=1S/C49H35N/c1-49(2)44-21-9-7-19-43(44)48-45(49)22-12-24-47(48)50(46-23-10-8-18-42(46)39-20-11-15-32-13-3-5-16-36(32)39)35-27-30-38-34(31-35)26-29-40-37-17-6-4-14-33(37)25-28-41(38)40/h3-31H,1-2H3. The van der Waals surface area contributed by atoms with Gasteiger partial charge in [-0.1, -0.05) is 166 Å². The molecule has 0 saturated carbocycles. The summed E-state index contributed by atoms with van der Waals surface area (Å²) in [6, 6.07) is 65.0. The summed E-state index contributed by atoms with van der Waals surface area (Å²) in [6.45, 7) is 4.72. The summed E-state index contributed by atoms with van der Waals surface area (Å²) in [5, 5.41) is 10.1. The topological polar surface area (TPSA) is 3.24 Å². The van der Waals surface area contributed by atoms with E-state index in [1.165, 1.54) is 82.2 Å². The number of para-hydroxylation sites is 1. The normalized spacial score (nSPS) is 13.2. The van der Waals surface area contributed by atoms with E-state index in [4.69, 9.17) is 0 Å². The lowest BCUT2D eigenvalue weighted by atomic mass is 9.82. The molecular formula is C49H35N. The van der Waals surface area contributed by atoms with Crippen molar-refractivity contribution in [1.29, 1.82) is 0 Å². The minimum absolute atomic E-state index is 0.103. The maximum atomic E-state index is 2.51. The van der Waals surface area contributed by atoms with Gasteiger partial charge in [-0.05, 0) is 89.6 Å². The Hall–Kier alpha value is -6.18. The summed E-state index contributed by atoms with van der Waals surface area (Å²) in [7, 11) is 0. The summed E-state index contributed by atoms with van der Waals surface area (Å²) < 4.78 is 0. The molecule has 0 N–H and O–H groups in total. The quantitative estimate of drug-likeness (QED) is 0.174. The van der Waals surface area contributed by atoms with Gasteiger partial charge in [0.15, 0.2) is 0 Å². The second kappa shape index (κ2) is 10.9. The first-order valence-corrected chi connectivity index (χ1v) is 17.5. The number of fused-ring (bicyclic) bond motifs is 9. The summed E-state index contributed by atoms with van der Waals surface area (Å²) in [4.78, 5) is 2.51. The van der Waals surface area contributed by atoms with Crippen LogP contribution in [0, 0.1) is 0 Å². The summed E-state index contributed by atoms with van der Waals surface area (Å²) in [5.74, 6) is 0. The van der Waals surface area contributed by atoms with Crippen LogP contribution in [0.2, 0.25) is 0 Å². The van der Waals surface area contributed by atoms with E-state index in [0.29, 0.717) is 0 Å². The Kier molecular flexibility index (Phi) is 6.29. The maximum absolute atomic E-state index is 2.51. The molecule has 0 spiro atoms. The van der Waals surface area contributed by atoms with Crippen LogP contribution < -0.4 is 4.90 Å². The summed E-state index contributed by atoms with van der Waals surface area (Å²) in [5.41, 5.74) is 11.2. The van der Waals surface area contributed by atoms with Crippen LogP contribution in [0.1, 0.15) is 25.0 Å². The summed E-state index contributed by atoms with van der Waals surface area (Å²) >= 11 is 0. The third-order valence-electron chi connectivity index (χ3n) is 11.0. The molecule has 0 saturated heterocycles. The molecule has 0 amide bonds. The second-order valence-electron chi connectivity index (χ2n) is 14.1. The van der Waals surface area contributed by atoms with Gasteiger partial charge in [-0.15, -0.1) is 0 Å². The monoisotopic (exact) mass is 637 g/mol. The second-order valence-corrected chi connectivity index (χ2v) is 14.1. The van der Waals surface area contributed by atoms with E-state index in [-0.39, 0.29) is 5.41 Å². The van der Waals surface area contributed by atoms with Gasteiger partial charge in [0.1, 0.15) is 0 Å². The zero-order valence-electron chi connectivity index (χ0n) is 28.2. The molecule has 1 nitrogen and oxygen atoms in total. The lowest BCUT2D eigenvalue weighted by Crippen LogP contribution is -2.16. The smallest absolute Gasteiger partial charge is 0.0543 e. The number of hydrogen-bond donors (Lipinski definition) is 0. The Morgan fingerprint density at radius 2 is 0.900 bits per heavy atom. The minimum atomic E-state index is -0.103. The van der Waals surface area contributed by atoms with Gasteiger partial charge in [0.05, 0.1) is 11.4 Å². The molecule has 0 radical (unpaired) electrons. The zero-order valence-corrected chi connectivity index (χ0v) is 28.2. The Morgan fingerprint density at radius 3 is 1.74 bits per heavy atom. The van der Waals surface area contributed by atoms with Crippen molar-refractivity contribution in [1.82, 2.24) is 0 Å². The minimum Gasteiger partial charge on any atom is -0.309 e. The van der Waals surface area contributed by atoms with Gasteiger partial charge < -0.3 is 4.90 Å². The molecule has 236 valence electrons. The maximum Gasteiger partial charge on any atom is 0.0543 e. The van der Waals surface area contributed by atoms with Crippen molar-refractivity contribution >= 4 is 60.2 Å². The van der Waals surface area contributed by atoms with Gasteiger partial charge in [0.25, 0.3) is 0 Å². The highest BCUT2D eigenvalue weighted by molar-refractivity contribution is 6.18. The first-order chi connectivity index (χ1) is 24.6. The molecule has 0 fully saturated rings. The highest BCUT2D eigenvalue weighted by atomic mass is 15.1. The molecule has 10 rings (SSSR count). The molecule has 0 aromatic heterocycles. The van der Waals surface area contributed by atoms with Crippen molar-refractivity contribution < 1.29 is 0 Å². The zero-order chi connectivity index (χ0) is 33.4. The van der Waals surface area contributed by atoms with E-state index in [0.717, 1.165) is 11.4 Å². The molecular weight excluding hydrogens is 603 g/mol. The van der Waals surface area contributed by atoms with Crippen molar-refractivity contribution in [3.05, 3.63) is 187 Å². The van der Waals surface area contributed by atoms with Crippen molar-refractivity contribution in [3.63, 3.8) is 0 Å². The molecule has 1 heteroatoms. The number of rotatable bonds is 4. The highest BCUT2D eigenvalue weighted by Crippen LogP contribution is 2.55. The third-order valence-corrected chi connectivity index (χ3v) is 11.0. The number of hydrogen-bond acceptors (Lipinski definition) is 1. The van der Waals surface area contributed by atoms with Gasteiger partial charge in [0, 0.05) is 22.2 Å². The Labute approximate surface area is 292 Å². The van der Waals surface area contributed by atoms with E-state index < -0.39 is 0 Å². The molecule has 0 unspecified atom stereocenters. The van der Waals surface area contributed by atoms with E-state index in [1.54, 1.807) is 0 Å². The fourth-order valence-electron chi connectivity index (χ4n) is 8.64. The van der Waals surface area contributed by atoms with E-state index in [2.05, 4.69) is 195 Å². The van der Waals surface area contributed by atoms with Gasteiger partial charge in [0.2, 0.25) is 0 Å². The predicted octanol–water partition coefficient (Wildman–Crippen LogP) is 13.7. The van der Waals surface area contributed by atoms with Crippen LogP contribution in [0.15, 0.2) is 176 Å². The molecule has 9 aromatic rings. The molecule has 0 bridgehead atoms. The van der Waals surface area contributed by atoms with Crippen LogP contribution in [-0.4, -0.2) is 0 Å². The highest BCUT2D eigenvalue weighted by Gasteiger charge is 2.38. The van der Waals surface area contributed by atoms with Crippen LogP contribution in [-0.2, 0) is 5.41 Å². The first kappa shape index (κ1) is 28.8. The largest absolute Gasteiger partial charge is 0.309 e. The van der Waals surface area contributed by atoms with Gasteiger partial charge in [-0.2, -0.15) is 0 Å². The number of anilines is 3. The average Bonchev–Trinajstić information content (AvgIpc) is 3.41. The van der Waals surface area contributed by atoms with Gasteiger partial charge in [-0.3, -0.25) is 0 Å². The predicted molar refractivity (Wildman–Crippen MR) is 214 cm³/mol. The van der Waals surface area contributed by atoms with Crippen LogP contribution in [0.25, 0.3) is 65.3 Å². The van der Waals surface area contributed by atoms with Crippen LogP contribution in [0.5, 0.6) is 0 Å². The fourth-order valence-corrected chi connectivity index (χ4v) is 8.64. The third kappa shape index (κ3) is 4.20. The van der Waals surface area contributed by atoms with Gasteiger partial charge >= 0.3 is 0 Å². The molecule has 50 heavy (non-hydrogen) atoms. The van der Waals surface area contributed by atoms with E-state index in [9.17, 15) is 0 Å². The molecule has 1 aliphatic carbocycles. The fraction of sp³-hybridized carbons (Fsp3) is 0.0612. The van der Waals surface area contributed by atoms with Crippen molar-refractivity contribution in [2.75, 3.05) is 4.90 Å². The van der Waals surface area contributed by atoms with E-state index in [1.807, 2.05) is 0 Å². The molecule has 0 heterocycles. The molecule has 9 aromatic carbocycles. The Bertz CT molecular complexity index is 2800. The molecule has 1 aliphatic rings. The van der Waals surface area contributed by atoms with Crippen LogP contribution in [0.3, 0.4) is 0 Å². The lowest BCUT2D eigenvalue weighted by molar-refractivity contribution is 0.660. The molecule has 0 aliphatic heterocycles. The van der Waals surface area contributed by atoms with Gasteiger partial charge in [-0.25, -0.2) is 0 Å². The summed E-state index contributed by atoms with van der Waals surface area (Å²) in [6.07, 6.45) is 0. The van der Waals surface area contributed by atoms with Crippen LogP contribution >= 0.6 is 0 Å². The van der Waals surface area contributed by atoms with Crippen molar-refractivity contribution in [2.45, 2.75) is 19.3 Å². The van der Waals surface area contributed by atoms with E-state index >= 15 is 0 Å². The first-order valence-electron chi connectivity index (χ1n) is 17.5. The van der Waals surface area contributed by atoms with Crippen molar-refractivity contribution in [2.24, 2.45) is 0 Å². The number of nitrogens with zero attached hydrogens (tertiary/aromatic N) is 1. The SMILES string of the molecule is CC1(C)c2ccccc2-c2c(N(c3ccc4c(ccc5c6ccccc6ccc45)c3)c3ccccc3-c3cccc4ccccc34)cccc21. The Balaban J connectivity index is 1.26. The number of benzene rings is 9. The lowest BCUT2D eigenvalue weighted by Gasteiger charge is -2.31. The van der Waals surface area contributed by atoms with Crippen LogP contribution in [0.4, 0.5) is 17.1 Å². The Morgan fingerprint density at radius 1 is 0.360 bits per heavy atom. The molecule has 0 atom stereocenters. The average molecular weight is 638 g/mol.